The van der Waals surface area contributed by atoms with Crippen molar-refractivity contribution in [1.82, 2.24) is 0 Å². The molecule has 0 aromatic heterocycles. The van der Waals surface area contributed by atoms with Crippen molar-refractivity contribution in [3.05, 3.63) is 0 Å². The summed E-state index contributed by atoms with van der Waals surface area (Å²) in [5, 5.41) is 0. The zero-order valence-electron chi connectivity index (χ0n) is 9.97. The van der Waals surface area contributed by atoms with Gasteiger partial charge in [-0.3, -0.25) is 0 Å². The Morgan fingerprint density at radius 1 is 1.29 bits per heavy atom. The van der Waals surface area contributed by atoms with Crippen LogP contribution in [0.1, 0.15) is 59.3 Å². The maximum atomic E-state index is 5.26. The summed E-state index contributed by atoms with van der Waals surface area (Å²) in [6, 6.07) is 0. The second-order valence-electron chi connectivity index (χ2n) is 5.84. The zero-order chi connectivity index (χ0) is 10.6. The summed E-state index contributed by atoms with van der Waals surface area (Å²) in [5.74, 6) is 4.64. The molecule has 80 valence electrons. The molecule has 0 aromatic rings. The molecule has 1 fully saturated rings. The van der Waals surface area contributed by atoms with Crippen LogP contribution in [-0.2, 0) is 0 Å². The van der Waals surface area contributed by atoms with E-state index in [9.17, 15) is 0 Å². The third-order valence-corrected chi connectivity index (χ3v) is 3.70. The molecule has 0 amide bonds. The van der Waals surface area contributed by atoms with Gasteiger partial charge in [0.05, 0.1) is 0 Å². The normalized spacial score (nSPS) is 27.6. The quantitative estimate of drug-likeness (QED) is 0.463. The lowest BCUT2D eigenvalue weighted by Crippen LogP contribution is -2.17. The molecule has 0 heteroatoms. The topological polar surface area (TPSA) is 0 Å². The number of unbranched alkanes of at least 4 members (excludes halogenated alkanes) is 1. The first-order valence-electron chi connectivity index (χ1n) is 5.97. The number of hydrogen-bond acceptors (Lipinski definition) is 0. The molecule has 2 unspecified atom stereocenters. The van der Waals surface area contributed by atoms with E-state index in [2.05, 4.69) is 26.7 Å². The van der Waals surface area contributed by atoms with Gasteiger partial charge in [0.15, 0.2) is 0 Å². The summed E-state index contributed by atoms with van der Waals surface area (Å²) in [6.45, 7) is 7.13. The van der Waals surface area contributed by atoms with Gasteiger partial charge in [-0.15, -0.1) is 12.3 Å². The van der Waals surface area contributed by atoms with Crippen LogP contribution in [0.5, 0.6) is 0 Å². The van der Waals surface area contributed by atoms with Gasteiger partial charge in [-0.2, -0.15) is 0 Å². The van der Waals surface area contributed by atoms with Gasteiger partial charge in [0, 0.05) is 6.42 Å². The fraction of sp³-hybridized carbons (Fsp3) is 0.857. The Labute approximate surface area is 89.5 Å². The molecule has 0 saturated heterocycles. The predicted octanol–water partition coefficient (Wildman–Crippen LogP) is 4.25. The maximum absolute atomic E-state index is 5.26. The van der Waals surface area contributed by atoms with E-state index in [4.69, 9.17) is 6.42 Å². The van der Waals surface area contributed by atoms with E-state index >= 15 is 0 Å². The summed E-state index contributed by atoms with van der Waals surface area (Å²) in [6.07, 6.45) is 13.1. The van der Waals surface area contributed by atoms with E-state index in [1.54, 1.807) is 0 Å². The van der Waals surface area contributed by atoms with E-state index in [1.165, 1.54) is 32.1 Å². The van der Waals surface area contributed by atoms with Crippen LogP contribution in [-0.4, -0.2) is 0 Å². The average molecular weight is 192 g/mol. The first-order chi connectivity index (χ1) is 6.54. The van der Waals surface area contributed by atoms with Crippen molar-refractivity contribution in [2.75, 3.05) is 0 Å². The molecule has 0 radical (unpaired) electrons. The van der Waals surface area contributed by atoms with Crippen molar-refractivity contribution in [2.45, 2.75) is 59.3 Å². The largest absolute Gasteiger partial charge is 0.120 e. The van der Waals surface area contributed by atoms with Crippen LogP contribution in [0.3, 0.4) is 0 Å². The monoisotopic (exact) mass is 192 g/mol. The lowest BCUT2D eigenvalue weighted by atomic mass is 9.79. The Hall–Kier alpha value is -0.440. The summed E-state index contributed by atoms with van der Waals surface area (Å²) in [7, 11) is 0. The molecular formula is C14H24. The highest BCUT2D eigenvalue weighted by Gasteiger charge is 2.32. The Balaban J connectivity index is 2.25. The Bertz CT molecular complexity index is 201. The Kier molecular flexibility index (Phi) is 4.05. The van der Waals surface area contributed by atoms with Gasteiger partial charge in [0.2, 0.25) is 0 Å². The third-order valence-electron chi connectivity index (χ3n) is 3.70. The smallest absolute Gasteiger partial charge is 0.00861 e. The molecule has 0 aromatic carbocycles. The number of rotatable bonds is 3. The maximum Gasteiger partial charge on any atom is 0.00861 e. The van der Waals surface area contributed by atoms with Crippen LogP contribution >= 0.6 is 0 Å². The highest BCUT2D eigenvalue weighted by Crippen LogP contribution is 2.43. The Morgan fingerprint density at radius 2 is 2.00 bits per heavy atom. The highest BCUT2D eigenvalue weighted by molar-refractivity contribution is 4.86. The predicted molar refractivity (Wildman–Crippen MR) is 63.0 cm³/mol. The van der Waals surface area contributed by atoms with Crippen LogP contribution in [0, 0.1) is 29.6 Å². The minimum Gasteiger partial charge on any atom is -0.120 e. The summed E-state index contributed by atoms with van der Waals surface area (Å²) >= 11 is 0. The van der Waals surface area contributed by atoms with E-state index < -0.39 is 0 Å². The molecular weight excluding hydrogens is 168 g/mol. The fourth-order valence-electron chi connectivity index (χ4n) is 2.62. The fourth-order valence-corrected chi connectivity index (χ4v) is 2.62. The van der Waals surface area contributed by atoms with Crippen molar-refractivity contribution >= 4 is 0 Å². The van der Waals surface area contributed by atoms with Crippen LogP contribution in [0.15, 0.2) is 0 Å². The van der Waals surface area contributed by atoms with Gasteiger partial charge in [0.25, 0.3) is 0 Å². The van der Waals surface area contributed by atoms with Crippen LogP contribution < -0.4 is 0 Å². The molecule has 0 spiro atoms. The second-order valence-corrected chi connectivity index (χ2v) is 5.84. The SMILES string of the molecule is C#CCCCC1CCC(C(C)(C)C)C1. The minimum absolute atomic E-state index is 0.515. The van der Waals surface area contributed by atoms with Crippen molar-refractivity contribution in [3.63, 3.8) is 0 Å². The molecule has 1 rings (SSSR count). The van der Waals surface area contributed by atoms with Gasteiger partial charge in [-0.05, 0) is 42.9 Å². The molecule has 0 bridgehead atoms. The molecule has 0 aliphatic heterocycles. The first-order valence-corrected chi connectivity index (χ1v) is 5.97. The highest BCUT2D eigenvalue weighted by atomic mass is 14.4. The molecule has 14 heavy (non-hydrogen) atoms. The standard InChI is InChI=1S/C14H24/c1-5-6-7-8-12-9-10-13(11-12)14(2,3)4/h1,12-13H,6-11H2,2-4H3. The molecule has 0 heterocycles. The van der Waals surface area contributed by atoms with E-state index in [1.807, 2.05) is 0 Å². The van der Waals surface area contributed by atoms with Gasteiger partial charge >= 0.3 is 0 Å². The molecule has 1 saturated carbocycles. The van der Waals surface area contributed by atoms with Crippen LogP contribution in [0.2, 0.25) is 0 Å². The Morgan fingerprint density at radius 3 is 2.50 bits per heavy atom. The van der Waals surface area contributed by atoms with Crippen LogP contribution in [0.4, 0.5) is 0 Å². The van der Waals surface area contributed by atoms with Gasteiger partial charge in [0.1, 0.15) is 0 Å². The zero-order valence-corrected chi connectivity index (χ0v) is 9.97. The molecule has 0 nitrogen and oxygen atoms in total. The van der Waals surface area contributed by atoms with E-state index in [0.717, 1.165) is 18.3 Å². The summed E-state index contributed by atoms with van der Waals surface area (Å²) in [4.78, 5) is 0. The van der Waals surface area contributed by atoms with Gasteiger partial charge in [-0.1, -0.05) is 27.2 Å². The van der Waals surface area contributed by atoms with E-state index in [0.29, 0.717) is 5.41 Å². The number of terminal acetylenes is 1. The third kappa shape index (κ3) is 3.37. The van der Waals surface area contributed by atoms with Gasteiger partial charge in [-0.25, -0.2) is 0 Å². The summed E-state index contributed by atoms with van der Waals surface area (Å²) < 4.78 is 0. The van der Waals surface area contributed by atoms with Crippen LogP contribution in [0.25, 0.3) is 0 Å². The van der Waals surface area contributed by atoms with E-state index in [-0.39, 0.29) is 0 Å². The lowest BCUT2D eigenvalue weighted by molar-refractivity contribution is 0.237. The van der Waals surface area contributed by atoms with Crippen molar-refractivity contribution in [2.24, 2.45) is 17.3 Å². The van der Waals surface area contributed by atoms with Crippen molar-refractivity contribution in [1.29, 1.82) is 0 Å². The molecule has 1 aliphatic rings. The van der Waals surface area contributed by atoms with Crippen molar-refractivity contribution < 1.29 is 0 Å². The minimum atomic E-state index is 0.515. The lowest BCUT2D eigenvalue weighted by Gasteiger charge is -2.26. The first kappa shape index (κ1) is 11.6. The van der Waals surface area contributed by atoms with Gasteiger partial charge < -0.3 is 0 Å². The second kappa shape index (κ2) is 4.87. The summed E-state index contributed by atoms with van der Waals surface area (Å²) in [5.41, 5.74) is 0.515. The van der Waals surface area contributed by atoms with Crippen molar-refractivity contribution in [3.8, 4) is 12.3 Å². The molecule has 1 aliphatic carbocycles. The molecule has 2 atom stereocenters. The molecule has 0 N–H and O–H groups in total. The number of hydrogen-bond donors (Lipinski definition) is 0. The average Bonchev–Trinajstić information content (AvgIpc) is 2.52.